The fourth-order valence-electron chi connectivity index (χ4n) is 3.64. The SMILES string of the molecule is O=C(O)CC1(N2CCCC2)CCCCCCC1. The molecule has 1 heterocycles. The number of likely N-dealkylation sites (tertiary alicyclic amines) is 1. The first-order valence-corrected chi connectivity index (χ1v) is 7.20. The maximum absolute atomic E-state index is 11.2. The van der Waals surface area contributed by atoms with Crippen molar-refractivity contribution in [3.05, 3.63) is 0 Å². The average Bonchev–Trinajstić information content (AvgIpc) is 2.75. The lowest BCUT2D eigenvalue weighted by Gasteiger charge is -2.42. The first-order chi connectivity index (χ1) is 8.23. The molecule has 2 rings (SSSR count). The summed E-state index contributed by atoms with van der Waals surface area (Å²) in [6, 6.07) is 0. The van der Waals surface area contributed by atoms with E-state index in [0.717, 1.165) is 25.9 Å². The fraction of sp³-hybridized carbons (Fsp3) is 0.929. The Bertz CT molecular complexity index is 251. The lowest BCUT2D eigenvalue weighted by atomic mass is 9.80. The highest BCUT2D eigenvalue weighted by Crippen LogP contribution is 2.36. The molecule has 2 aliphatic rings. The minimum absolute atomic E-state index is 0.0112. The molecule has 1 aliphatic carbocycles. The van der Waals surface area contributed by atoms with Gasteiger partial charge in [-0.3, -0.25) is 9.69 Å². The Hall–Kier alpha value is -0.570. The molecule has 0 unspecified atom stereocenters. The summed E-state index contributed by atoms with van der Waals surface area (Å²) in [4.78, 5) is 13.7. The molecule has 1 aliphatic heterocycles. The summed E-state index contributed by atoms with van der Waals surface area (Å²) in [5.74, 6) is -0.613. The first-order valence-electron chi connectivity index (χ1n) is 7.20. The van der Waals surface area contributed by atoms with Crippen molar-refractivity contribution in [3.8, 4) is 0 Å². The fourth-order valence-corrected chi connectivity index (χ4v) is 3.64. The third-order valence-electron chi connectivity index (χ3n) is 4.54. The molecule has 17 heavy (non-hydrogen) atoms. The van der Waals surface area contributed by atoms with Crippen molar-refractivity contribution in [2.75, 3.05) is 13.1 Å². The second kappa shape index (κ2) is 5.85. The Morgan fingerprint density at radius 2 is 1.47 bits per heavy atom. The van der Waals surface area contributed by atoms with Gasteiger partial charge in [0.25, 0.3) is 0 Å². The minimum Gasteiger partial charge on any atom is -0.481 e. The van der Waals surface area contributed by atoms with Gasteiger partial charge in [-0.25, -0.2) is 0 Å². The van der Waals surface area contributed by atoms with Gasteiger partial charge in [-0.15, -0.1) is 0 Å². The Morgan fingerprint density at radius 1 is 0.941 bits per heavy atom. The molecule has 1 N–H and O–H groups in total. The number of carboxylic acid groups (broad SMARTS) is 1. The molecular weight excluding hydrogens is 214 g/mol. The van der Waals surface area contributed by atoms with Crippen LogP contribution in [0.2, 0.25) is 0 Å². The van der Waals surface area contributed by atoms with Crippen LogP contribution in [-0.4, -0.2) is 34.6 Å². The predicted molar refractivity (Wildman–Crippen MR) is 68.1 cm³/mol. The highest BCUT2D eigenvalue weighted by molar-refractivity contribution is 5.68. The minimum atomic E-state index is -0.613. The summed E-state index contributed by atoms with van der Waals surface area (Å²) in [5.41, 5.74) is -0.0112. The van der Waals surface area contributed by atoms with Crippen molar-refractivity contribution in [3.63, 3.8) is 0 Å². The van der Waals surface area contributed by atoms with Crippen LogP contribution in [0.5, 0.6) is 0 Å². The molecule has 0 spiro atoms. The molecule has 0 aromatic heterocycles. The van der Waals surface area contributed by atoms with E-state index in [1.165, 1.54) is 44.9 Å². The van der Waals surface area contributed by atoms with Gasteiger partial charge in [-0.1, -0.05) is 32.1 Å². The van der Waals surface area contributed by atoms with Crippen molar-refractivity contribution < 1.29 is 9.90 Å². The number of nitrogens with zero attached hydrogens (tertiary/aromatic N) is 1. The topological polar surface area (TPSA) is 40.5 Å². The number of hydrogen-bond donors (Lipinski definition) is 1. The molecule has 0 aromatic rings. The lowest BCUT2D eigenvalue weighted by molar-refractivity contribution is -0.140. The van der Waals surface area contributed by atoms with Crippen LogP contribution in [0.1, 0.15) is 64.2 Å². The standard InChI is InChI=1S/C14H25NO2/c16-13(17)12-14(15-10-6-7-11-15)8-4-2-1-3-5-9-14/h1-12H2,(H,16,17). The largest absolute Gasteiger partial charge is 0.481 e. The average molecular weight is 239 g/mol. The molecule has 0 aromatic carbocycles. The molecule has 0 atom stereocenters. The van der Waals surface area contributed by atoms with Gasteiger partial charge in [-0.05, 0) is 38.8 Å². The second-order valence-corrected chi connectivity index (χ2v) is 5.76. The number of carbonyl (C=O) groups is 1. The zero-order valence-corrected chi connectivity index (χ0v) is 10.8. The summed E-state index contributed by atoms with van der Waals surface area (Å²) in [6.45, 7) is 2.24. The van der Waals surface area contributed by atoms with Crippen LogP contribution in [0.3, 0.4) is 0 Å². The van der Waals surface area contributed by atoms with Crippen LogP contribution in [0.4, 0.5) is 0 Å². The molecule has 1 saturated heterocycles. The first kappa shape index (κ1) is 12.9. The lowest BCUT2D eigenvalue weighted by Crippen LogP contribution is -2.49. The molecule has 0 amide bonds. The van der Waals surface area contributed by atoms with E-state index in [-0.39, 0.29) is 5.54 Å². The maximum Gasteiger partial charge on any atom is 0.305 e. The third-order valence-corrected chi connectivity index (χ3v) is 4.54. The van der Waals surface area contributed by atoms with E-state index < -0.39 is 5.97 Å². The molecule has 3 heteroatoms. The zero-order valence-electron chi connectivity index (χ0n) is 10.8. The van der Waals surface area contributed by atoms with Crippen LogP contribution in [0, 0.1) is 0 Å². The third kappa shape index (κ3) is 3.21. The van der Waals surface area contributed by atoms with Gasteiger partial charge >= 0.3 is 5.97 Å². The monoisotopic (exact) mass is 239 g/mol. The summed E-state index contributed by atoms with van der Waals surface area (Å²) in [5, 5.41) is 9.23. The van der Waals surface area contributed by atoms with Gasteiger partial charge in [-0.2, -0.15) is 0 Å². The smallest absolute Gasteiger partial charge is 0.305 e. The summed E-state index contributed by atoms with van der Waals surface area (Å²) in [7, 11) is 0. The molecular formula is C14H25NO2. The Morgan fingerprint density at radius 3 is 2.00 bits per heavy atom. The molecule has 2 fully saturated rings. The molecule has 0 bridgehead atoms. The van der Waals surface area contributed by atoms with Crippen molar-refractivity contribution >= 4 is 5.97 Å². The van der Waals surface area contributed by atoms with E-state index >= 15 is 0 Å². The van der Waals surface area contributed by atoms with Crippen LogP contribution in [0.25, 0.3) is 0 Å². The predicted octanol–water partition coefficient (Wildman–Crippen LogP) is 3.04. The maximum atomic E-state index is 11.2. The van der Waals surface area contributed by atoms with Crippen molar-refractivity contribution in [2.45, 2.75) is 69.7 Å². The summed E-state index contributed by atoms with van der Waals surface area (Å²) < 4.78 is 0. The van der Waals surface area contributed by atoms with Crippen LogP contribution in [-0.2, 0) is 4.79 Å². The van der Waals surface area contributed by atoms with E-state index in [0.29, 0.717) is 6.42 Å². The van der Waals surface area contributed by atoms with Gasteiger partial charge in [0.05, 0.1) is 6.42 Å². The summed E-state index contributed by atoms with van der Waals surface area (Å²) in [6.07, 6.45) is 11.4. The summed E-state index contributed by atoms with van der Waals surface area (Å²) >= 11 is 0. The van der Waals surface area contributed by atoms with Crippen LogP contribution in [0.15, 0.2) is 0 Å². The Balaban J connectivity index is 2.10. The van der Waals surface area contributed by atoms with Gasteiger partial charge < -0.3 is 5.11 Å². The number of aliphatic carboxylic acids is 1. The van der Waals surface area contributed by atoms with E-state index in [9.17, 15) is 9.90 Å². The van der Waals surface area contributed by atoms with Gasteiger partial charge in [0.2, 0.25) is 0 Å². The molecule has 0 radical (unpaired) electrons. The number of hydrogen-bond acceptors (Lipinski definition) is 2. The molecule has 1 saturated carbocycles. The van der Waals surface area contributed by atoms with E-state index in [2.05, 4.69) is 4.90 Å². The van der Waals surface area contributed by atoms with E-state index in [1.807, 2.05) is 0 Å². The van der Waals surface area contributed by atoms with Gasteiger partial charge in [0.1, 0.15) is 0 Å². The van der Waals surface area contributed by atoms with Crippen molar-refractivity contribution in [2.24, 2.45) is 0 Å². The Kier molecular flexibility index (Phi) is 4.43. The van der Waals surface area contributed by atoms with Crippen molar-refractivity contribution in [1.82, 2.24) is 4.90 Å². The van der Waals surface area contributed by atoms with Gasteiger partial charge in [0.15, 0.2) is 0 Å². The van der Waals surface area contributed by atoms with E-state index in [1.54, 1.807) is 0 Å². The zero-order chi connectivity index (χ0) is 12.1. The normalized spacial score (nSPS) is 26.4. The van der Waals surface area contributed by atoms with E-state index in [4.69, 9.17) is 0 Å². The molecule has 3 nitrogen and oxygen atoms in total. The number of rotatable bonds is 3. The van der Waals surface area contributed by atoms with Crippen LogP contribution < -0.4 is 0 Å². The van der Waals surface area contributed by atoms with Crippen LogP contribution >= 0.6 is 0 Å². The second-order valence-electron chi connectivity index (χ2n) is 5.76. The number of carboxylic acids is 1. The highest BCUT2D eigenvalue weighted by Gasteiger charge is 2.39. The quantitative estimate of drug-likeness (QED) is 0.823. The highest BCUT2D eigenvalue weighted by atomic mass is 16.4. The van der Waals surface area contributed by atoms with Gasteiger partial charge in [0, 0.05) is 5.54 Å². The molecule has 98 valence electrons. The Labute approximate surface area is 104 Å². The van der Waals surface area contributed by atoms with Crippen molar-refractivity contribution in [1.29, 1.82) is 0 Å².